The van der Waals surface area contributed by atoms with Crippen molar-refractivity contribution in [1.29, 1.82) is 0 Å². The van der Waals surface area contributed by atoms with E-state index in [0.29, 0.717) is 32.5 Å². The molecular formula is C43H85N2O6+. The van der Waals surface area contributed by atoms with Crippen molar-refractivity contribution in [3.63, 3.8) is 0 Å². The van der Waals surface area contributed by atoms with E-state index in [2.05, 4.69) is 27.7 Å². The van der Waals surface area contributed by atoms with E-state index in [1.807, 2.05) is 7.05 Å². The summed E-state index contributed by atoms with van der Waals surface area (Å²) < 4.78 is 11.7. The molecule has 0 aliphatic heterocycles. The molecule has 8 heteroatoms. The highest BCUT2D eigenvalue weighted by Gasteiger charge is 2.23. The first kappa shape index (κ1) is 49.3. The maximum absolute atomic E-state index is 13.4. The number of quaternary nitrogens is 1. The lowest BCUT2D eigenvalue weighted by Crippen LogP contribution is -3.09. The normalized spacial score (nSPS) is 13.1. The molecule has 0 fully saturated rings. The van der Waals surface area contributed by atoms with Gasteiger partial charge in [-0.05, 0) is 25.7 Å². The first-order valence-electron chi connectivity index (χ1n) is 21.9. The highest BCUT2D eigenvalue weighted by molar-refractivity contribution is 5.76. The molecule has 0 saturated carbocycles. The molecule has 8 nitrogen and oxygen atoms in total. The molecule has 0 heterocycles. The molecule has 0 rings (SSSR count). The van der Waals surface area contributed by atoms with E-state index in [0.717, 1.165) is 83.6 Å². The van der Waals surface area contributed by atoms with Crippen LogP contribution in [0.25, 0.3) is 0 Å². The van der Waals surface area contributed by atoms with Gasteiger partial charge in [0.05, 0.1) is 45.1 Å². The zero-order valence-electron chi connectivity index (χ0n) is 34.4. The van der Waals surface area contributed by atoms with Crippen LogP contribution in [0.2, 0.25) is 0 Å². The number of carbonyl (C=O) groups excluding carboxylic acids is 3. The molecule has 0 aromatic carbocycles. The van der Waals surface area contributed by atoms with E-state index in [-0.39, 0.29) is 49.5 Å². The van der Waals surface area contributed by atoms with Crippen LogP contribution < -0.4 is 4.90 Å². The van der Waals surface area contributed by atoms with E-state index in [1.54, 1.807) is 4.90 Å². The van der Waals surface area contributed by atoms with Gasteiger partial charge in [0.1, 0.15) is 19.8 Å². The number of amides is 1. The van der Waals surface area contributed by atoms with Gasteiger partial charge in [-0.25, -0.2) is 0 Å². The van der Waals surface area contributed by atoms with Crippen molar-refractivity contribution in [1.82, 2.24) is 4.90 Å². The molecule has 0 aromatic heterocycles. The third-order valence-electron chi connectivity index (χ3n) is 10.4. The van der Waals surface area contributed by atoms with Crippen LogP contribution in [0.3, 0.4) is 0 Å². The van der Waals surface area contributed by atoms with Crippen molar-refractivity contribution in [3.8, 4) is 0 Å². The van der Waals surface area contributed by atoms with Crippen LogP contribution in [0, 0.1) is 11.8 Å². The molecule has 3 atom stereocenters. The summed E-state index contributed by atoms with van der Waals surface area (Å²) in [6, 6.07) is 0. The summed E-state index contributed by atoms with van der Waals surface area (Å²) in [6.07, 6.45) is 28.1. The fourth-order valence-electron chi connectivity index (χ4n) is 6.86. The molecule has 1 amide bonds. The van der Waals surface area contributed by atoms with Crippen LogP contribution in [0.15, 0.2) is 0 Å². The van der Waals surface area contributed by atoms with Crippen molar-refractivity contribution in [2.75, 3.05) is 53.0 Å². The van der Waals surface area contributed by atoms with E-state index in [9.17, 15) is 19.5 Å². The highest BCUT2D eigenvalue weighted by Crippen LogP contribution is 2.22. The van der Waals surface area contributed by atoms with E-state index < -0.39 is 0 Å². The number of unbranched alkanes of at least 4 members (excludes halogenated alkanes) is 16. The Balaban J connectivity index is 5.26. The predicted octanol–water partition coefficient (Wildman–Crippen LogP) is 8.86. The lowest BCUT2D eigenvalue weighted by molar-refractivity contribution is -0.880. The molecular weight excluding hydrogens is 640 g/mol. The largest absolute Gasteiger partial charge is 0.464 e. The summed E-state index contributed by atoms with van der Waals surface area (Å²) in [4.78, 5) is 42.9. The second-order valence-corrected chi connectivity index (χ2v) is 15.2. The number of carbonyl (C=O) groups is 3. The molecule has 2 N–H and O–H groups in total. The Morgan fingerprint density at radius 1 is 0.529 bits per heavy atom. The SMILES string of the molecule is CCCCCCCCC(CCCCCC)C(=O)OCCN(CCOC(=O)C(CCCCCC)CCCCCCCC)C(=O)CCC[NH+](C)CCO. The fraction of sp³-hybridized carbons (Fsp3) is 0.930. The Hall–Kier alpha value is -1.67. The van der Waals surface area contributed by atoms with Crippen molar-refractivity contribution >= 4 is 17.8 Å². The summed E-state index contributed by atoms with van der Waals surface area (Å²) >= 11 is 0. The van der Waals surface area contributed by atoms with Gasteiger partial charge in [0.2, 0.25) is 5.91 Å². The molecule has 0 aromatic rings. The monoisotopic (exact) mass is 726 g/mol. The van der Waals surface area contributed by atoms with Gasteiger partial charge in [-0.3, -0.25) is 14.4 Å². The molecule has 51 heavy (non-hydrogen) atoms. The van der Waals surface area contributed by atoms with Crippen LogP contribution in [0.1, 0.15) is 195 Å². The Kier molecular flexibility index (Phi) is 35.5. The number of aliphatic hydroxyl groups excluding tert-OH is 1. The Morgan fingerprint density at radius 2 is 0.882 bits per heavy atom. The average molecular weight is 726 g/mol. The van der Waals surface area contributed by atoms with E-state index >= 15 is 0 Å². The average Bonchev–Trinajstić information content (AvgIpc) is 3.12. The van der Waals surface area contributed by atoms with Crippen molar-refractivity contribution in [3.05, 3.63) is 0 Å². The number of nitrogens with zero attached hydrogens (tertiary/aromatic N) is 1. The second-order valence-electron chi connectivity index (χ2n) is 15.2. The quantitative estimate of drug-likeness (QED) is 0.0488. The number of ether oxygens (including phenoxy) is 2. The zero-order valence-corrected chi connectivity index (χ0v) is 34.4. The van der Waals surface area contributed by atoms with Crippen LogP contribution >= 0.6 is 0 Å². The molecule has 3 unspecified atom stereocenters. The molecule has 0 aliphatic rings. The number of hydrogen-bond donors (Lipinski definition) is 2. The van der Waals surface area contributed by atoms with Gasteiger partial charge in [-0.1, -0.05) is 156 Å². The van der Waals surface area contributed by atoms with Gasteiger partial charge >= 0.3 is 11.9 Å². The first-order valence-corrected chi connectivity index (χ1v) is 21.9. The molecule has 302 valence electrons. The Morgan fingerprint density at radius 3 is 1.25 bits per heavy atom. The Bertz CT molecular complexity index is 759. The van der Waals surface area contributed by atoms with E-state index in [4.69, 9.17) is 9.47 Å². The number of likely N-dealkylation sites (N-methyl/N-ethyl adjacent to an activating group) is 1. The predicted molar refractivity (Wildman–Crippen MR) is 212 cm³/mol. The van der Waals surface area contributed by atoms with Gasteiger partial charge in [0.15, 0.2) is 0 Å². The highest BCUT2D eigenvalue weighted by atomic mass is 16.5. The minimum Gasteiger partial charge on any atom is -0.464 e. The van der Waals surface area contributed by atoms with Crippen molar-refractivity contribution in [2.24, 2.45) is 11.8 Å². The fourth-order valence-corrected chi connectivity index (χ4v) is 6.86. The smallest absolute Gasteiger partial charge is 0.308 e. The van der Waals surface area contributed by atoms with Gasteiger partial charge in [0, 0.05) is 12.8 Å². The maximum atomic E-state index is 13.4. The van der Waals surface area contributed by atoms with Crippen LogP contribution in [0.5, 0.6) is 0 Å². The number of aliphatic hydroxyl groups is 1. The van der Waals surface area contributed by atoms with Crippen LogP contribution in [0.4, 0.5) is 0 Å². The van der Waals surface area contributed by atoms with Gasteiger partial charge < -0.3 is 24.4 Å². The summed E-state index contributed by atoms with van der Waals surface area (Å²) in [5.41, 5.74) is 0. The van der Waals surface area contributed by atoms with Crippen molar-refractivity contribution < 1.29 is 33.9 Å². The van der Waals surface area contributed by atoms with Gasteiger partial charge in [-0.15, -0.1) is 0 Å². The molecule has 0 radical (unpaired) electrons. The second kappa shape index (κ2) is 36.7. The molecule has 0 spiro atoms. The standard InChI is InChI=1S/C43H84N2O6/c1-6-10-14-18-20-24-29-39(27-22-16-12-8-3)42(48)50-37-34-45(41(47)31-26-32-44(5)33-36-46)35-38-51-43(49)40(28-23-17-13-9-4)30-25-21-19-15-11-7-2/h39-40,46H,6-38H2,1-5H3/p+1. The number of hydrogen-bond acceptors (Lipinski definition) is 6. The molecule has 0 bridgehead atoms. The Labute approximate surface area is 315 Å². The summed E-state index contributed by atoms with van der Waals surface area (Å²) in [7, 11) is 2.02. The number of rotatable bonds is 38. The number of esters is 2. The number of nitrogens with one attached hydrogen (secondary N) is 1. The molecule has 0 aliphatic carbocycles. The minimum atomic E-state index is -0.131. The first-order chi connectivity index (χ1) is 24.8. The van der Waals surface area contributed by atoms with Crippen LogP contribution in [-0.2, 0) is 23.9 Å². The molecule has 0 saturated heterocycles. The summed E-state index contributed by atoms with van der Waals surface area (Å²) in [5, 5.41) is 9.24. The third-order valence-corrected chi connectivity index (χ3v) is 10.4. The van der Waals surface area contributed by atoms with E-state index in [1.165, 1.54) is 81.9 Å². The van der Waals surface area contributed by atoms with Crippen molar-refractivity contribution in [2.45, 2.75) is 195 Å². The topological polar surface area (TPSA) is 97.6 Å². The maximum Gasteiger partial charge on any atom is 0.308 e. The van der Waals surface area contributed by atoms with Gasteiger partial charge in [-0.2, -0.15) is 0 Å². The summed E-state index contributed by atoms with van der Waals surface area (Å²) in [5.74, 6) is -0.430. The summed E-state index contributed by atoms with van der Waals surface area (Å²) in [6.45, 7) is 11.4. The lowest BCUT2D eigenvalue weighted by Gasteiger charge is -2.24. The minimum absolute atomic E-state index is 0.00899. The lowest BCUT2D eigenvalue weighted by atomic mass is 9.94. The zero-order chi connectivity index (χ0) is 37.8. The van der Waals surface area contributed by atoms with Gasteiger partial charge in [0.25, 0.3) is 0 Å². The van der Waals surface area contributed by atoms with Crippen LogP contribution in [-0.4, -0.2) is 80.9 Å². The third kappa shape index (κ3) is 29.5.